The molecule has 0 radical (unpaired) electrons. The lowest BCUT2D eigenvalue weighted by Crippen LogP contribution is -2.40. The molecule has 1 aliphatic heterocycles. The van der Waals surface area contributed by atoms with Gasteiger partial charge in [-0.15, -0.1) is 0 Å². The SMILES string of the molecule is CCOC(=O)C1=C(C)N=c2s/c(=C\c3cc(Cl)c(OCC(=O)OC)c(Br)c3)c(=O)n2[C@H]1c1ccc(OCC(=O)OC)c(OCC)c1. The summed E-state index contributed by atoms with van der Waals surface area (Å²) in [4.78, 5) is 55.5. The summed E-state index contributed by atoms with van der Waals surface area (Å²) < 4.78 is 33.7. The second-order valence-corrected chi connectivity index (χ2v) is 11.8. The first kappa shape index (κ1) is 34.7. The Morgan fingerprint density at radius 2 is 1.70 bits per heavy atom. The molecule has 0 saturated carbocycles. The van der Waals surface area contributed by atoms with Crippen LogP contribution in [0.5, 0.6) is 17.2 Å². The van der Waals surface area contributed by atoms with Gasteiger partial charge in [-0.3, -0.25) is 9.36 Å². The second kappa shape index (κ2) is 15.4. The minimum atomic E-state index is -0.921. The molecule has 0 N–H and O–H groups in total. The van der Waals surface area contributed by atoms with E-state index >= 15 is 0 Å². The molecule has 1 aliphatic rings. The van der Waals surface area contributed by atoms with Gasteiger partial charge in [0.05, 0.1) is 58.8 Å². The van der Waals surface area contributed by atoms with Crippen LogP contribution in [0.25, 0.3) is 6.08 Å². The minimum absolute atomic E-state index is 0.117. The molecule has 1 aromatic heterocycles. The summed E-state index contributed by atoms with van der Waals surface area (Å²) in [5.74, 6) is -0.939. The highest BCUT2D eigenvalue weighted by molar-refractivity contribution is 9.10. The summed E-state index contributed by atoms with van der Waals surface area (Å²) in [5, 5.41) is 0.202. The van der Waals surface area contributed by atoms with E-state index in [0.717, 1.165) is 11.3 Å². The summed E-state index contributed by atoms with van der Waals surface area (Å²) in [5.41, 5.74) is 1.25. The van der Waals surface area contributed by atoms with Gasteiger partial charge in [-0.2, -0.15) is 0 Å². The van der Waals surface area contributed by atoms with Gasteiger partial charge in [-0.1, -0.05) is 29.0 Å². The molecule has 12 nitrogen and oxygen atoms in total. The van der Waals surface area contributed by atoms with E-state index in [4.69, 9.17) is 30.5 Å². The number of carbonyl (C=O) groups is 3. The number of halogens is 2. The lowest BCUT2D eigenvalue weighted by molar-refractivity contribution is -0.143. The fourth-order valence-electron chi connectivity index (χ4n) is 4.53. The molecule has 2 aromatic carbocycles. The monoisotopic (exact) mass is 736 g/mol. The van der Waals surface area contributed by atoms with Gasteiger partial charge in [0, 0.05) is 0 Å². The Hall–Kier alpha value is -4.14. The van der Waals surface area contributed by atoms with Gasteiger partial charge >= 0.3 is 17.9 Å². The molecular formula is C31H30BrClN2O10S. The smallest absolute Gasteiger partial charge is 0.343 e. The summed E-state index contributed by atoms with van der Waals surface area (Å²) in [6, 6.07) is 7.28. The van der Waals surface area contributed by atoms with Crippen LogP contribution in [0.3, 0.4) is 0 Å². The number of hydrogen-bond donors (Lipinski definition) is 0. The number of carbonyl (C=O) groups excluding carboxylic acids is 3. The van der Waals surface area contributed by atoms with E-state index in [1.165, 1.54) is 18.8 Å². The average Bonchev–Trinajstić information content (AvgIpc) is 3.32. The highest BCUT2D eigenvalue weighted by Gasteiger charge is 2.34. The van der Waals surface area contributed by atoms with Crippen molar-refractivity contribution in [2.45, 2.75) is 26.8 Å². The zero-order valence-electron chi connectivity index (χ0n) is 25.5. The Kier molecular flexibility index (Phi) is 11.7. The lowest BCUT2D eigenvalue weighted by atomic mass is 9.95. The van der Waals surface area contributed by atoms with Crippen molar-refractivity contribution in [2.75, 3.05) is 40.6 Å². The van der Waals surface area contributed by atoms with E-state index in [0.29, 0.717) is 36.4 Å². The number of benzene rings is 2. The third-order valence-corrected chi connectivity index (χ3v) is 8.41. The first-order chi connectivity index (χ1) is 22.0. The third kappa shape index (κ3) is 7.62. The maximum absolute atomic E-state index is 14.0. The van der Waals surface area contributed by atoms with Gasteiger partial charge < -0.3 is 28.4 Å². The van der Waals surface area contributed by atoms with Crippen LogP contribution in [0, 0.1) is 0 Å². The number of aromatic nitrogens is 1. The highest BCUT2D eigenvalue weighted by atomic mass is 79.9. The topological polar surface area (TPSA) is 141 Å². The Bertz CT molecular complexity index is 1860. The van der Waals surface area contributed by atoms with Crippen LogP contribution in [0.4, 0.5) is 0 Å². The predicted octanol–water partition coefficient (Wildman–Crippen LogP) is 3.72. The number of esters is 3. The molecule has 1 atom stereocenters. The van der Waals surface area contributed by atoms with Crippen LogP contribution in [-0.4, -0.2) is 63.1 Å². The Morgan fingerprint density at radius 1 is 1.00 bits per heavy atom. The Balaban J connectivity index is 1.85. The van der Waals surface area contributed by atoms with Crippen LogP contribution in [0.1, 0.15) is 37.9 Å². The van der Waals surface area contributed by atoms with Gasteiger partial charge in [0.1, 0.15) is 0 Å². The normalized spacial score (nSPS) is 14.2. The average molecular weight is 738 g/mol. The lowest BCUT2D eigenvalue weighted by Gasteiger charge is -2.25. The van der Waals surface area contributed by atoms with Crippen LogP contribution in [-0.2, 0) is 28.6 Å². The van der Waals surface area contributed by atoms with E-state index in [9.17, 15) is 19.2 Å². The molecule has 4 rings (SSSR count). The van der Waals surface area contributed by atoms with Gasteiger partial charge in [0.15, 0.2) is 35.3 Å². The van der Waals surface area contributed by atoms with Crippen molar-refractivity contribution in [2.24, 2.45) is 4.99 Å². The zero-order chi connectivity index (χ0) is 33.5. The molecule has 0 unspecified atom stereocenters. The molecular weight excluding hydrogens is 708 g/mol. The highest BCUT2D eigenvalue weighted by Crippen LogP contribution is 2.37. The van der Waals surface area contributed by atoms with Gasteiger partial charge in [0.25, 0.3) is 5.56 Å². The van der Waals surface area contributed by atoms with Crippen LogP contribution in [0.15, 0.2) is 55.9 Å². The number of thiazole rings is 1. The number of allylic oxidation sites excluding steroid dienone is 1. The maximum atomic E-state index is 14.0. The van der Waals surface area contributed by atoms with Gasteiger partial charge in [0.2, 0.25) is 0 Å². The molecule has 3 aromatic rings. The van der Waals surface area contributed by atoms with E-state index in [1.54, 1.807) is 57.2 Å². The largest absolute Gasteiger partial charge is 0.490 e. The van der Waals surface area contributed by atoms with Crippen molar-refractivity contribution in [3.05, 3.63) is 81.9 Å². The zero-order valence-corrected chi connectivity index (χ0v) is 28.7. The minimum Gasteiger partial charge on any atom is -0.490 e. The Labute approximate surface area is 280 Å². The third-order valence-electron chi connectivity index (χ3n) is 6.55. The van der Waals surface area contributed by atoms with Crippen LogP contribution >= 0.6 is 38.9 Å². The summed E-state index contributed by atoms with van der Waals surface area (Å²) >= 11 is 11.0. The summed E-state index contributed by atoms with van der Waals surface area (Å²) in [6.07, 6.45) is 1.64. The molecule has 244 valence electrons. The van der Waals surface area contributed by atoms with Crippen molar-refractivity contribution < 1.29 is 42.8 Å². The summed E-state index contributed by atoms with van der Waals surface area (Å²) in [7, 11) is 2.50. The van der Waals surface area contributed by atoms with E-state index in [2.05, 4.69) is 30.4 Å². The molecule has 0 amide bonds. The van der Waals surface area contributed by atoms with Crippen molar-refractivity contribution in [1.29, 1.82) is 0 Å². The van der Waals surface area contributed by atoms with Crippen molar-refractivity contribution in [3.63, 3.8) is 0 Å². The fraction of sp³-hybridized carbons (Fsp3) is 0.323. The Morgan fingerprint density at radius 3 is 2.33 bits per heavy atom. The van der Waals surface area contributed by atoms with Gasteiger partial charge in [-0.25, -0.2) is 19.4 Å². The molecule has 46 heavy (non-hydrogen) atoms. The van der Waals surface area contributed by atoms with Crippen molar-refractivity contribution in [3.8, 4) is 17.2 Å². The fourth-order valence-corrected chi connectivity index (χ4v) is 6.56. The number of fused-ring (bicyclic) bond motifs is 1. The van der Waals surface area contributed by atoms with Crippen LogP contribution in [0.2, 0.25) is 5.02 Å². The molecule has 0 saturated heterocycles. The van der Waals surface area contributed by atoms with Crippen molar-refractivity contribution >= 4 is 62.9 Å². The number of ether oxygens (including phenoxy) is 6. The number of hydrogen-bond acceptors (Lipinski definition) is 12. The molecule has 0 aliphatic carbocycles. The summed E-state index contributed by atoms with van der Waals surface area (Å²) in [6.45, 7) is 4.88. The maximum Gasteiger partial charge on any atom is 0.343 e. The number of rotatable bonds is 12. The van der Waals surface area contributed by atoms with Crippen molar-refractivity contribution in [1.82, 2.24) is 4.57 Å². The van der Waals surface area contributed by atoms with E-state index < -0.39 is 29.5 Å². The predicted molar refractivity (Wildman–Crippen MR) is 172 cm³/mol. The van der Waals surface area contributed by atoms with Crippen LogP contribution < -0.4 is 29.1 Å². The molecule has 2 heterocycles. The standard InChI is InChI=1S/C31H30BrClN2O10S/c1-6-42-22-13-18(8-9-21(22)44-14-24(36)40-4)27-26(30(39)43-7-2)16(3)34-31-35(27)29(38)23(46-31)12-17-10-19(32)28(20(33)11-17)45-15-25(37)41-5/h8-13,27H,6-7,14-15H2,1-5H3/b23-12-/t27-/m0/s1. The molecule has 15 heteroatoms. The second-order valence-electron chi connectivity index (χ2n) is 9.48. The number of nitrogens with zero attached hydrogens (tertiary/aromatic N) is 2. The quantitative estimate of drug-likeness (QED) is 0.200. The first-order valence-electron chi connectivity index (χ1n) is 13.9. The van der Waals surface area contributed by atoms with E-state index in [-0.39, 0.29) is 48.5 Å². The number of methoxy groups -OCH3 is 2. The van der Waals surface area contributed by atoms with Gasteiger partial charge in [-0.05, 0) is 78.2 Å². The molecule has 0 bridgehead atoms. The van der Waals surface area contributed by atoms with E-state index in [1.807, 2.05) is 0 Å². The molecule has 0 spiro atoms. The molecule has 0 fully saturated rings. The first-order valence-corrected chi connectivity index (χ1v) is 15.9.